The summed E-state index contributed by atoms with van der Waals surface area (Å²) in [4.78, 5) is 36.5. The summed E-state index contributed by atoms with van der Waals surface area (Å²) < 4.78 is 10.9. The molecule has 2 saturated heterocycles. The largest absolute Gasteiger partial charge is 0.454 e. The lowest BCUT2D eigenvalue weighted by molar-refractivity contribution is -0.126. The molecule has 3 aliphatic rings. The van der Waals surface area contributed by atoms with E-state index >= 15 is 0 Å². The minimum absolute atomic E-state index is 0.00373. The summed E-state index contributed by atoms with van der Waals surface area (Å²) in [6.07, 6.45) is 1.66. The van der Waals surface area contributed by atoms with Gasteiger partial charge in [-0.25, -0.2) is 4.98 Å². The Balaban J connectivity index is 0.977. The van der Waals surface area contributed by atoms with Crippen LogP contribution in [0.15, 0.2) is 53.9 Å². The number of amides is 2. The van der Waals surface area contributed by atoms with Gasteiger partial charge in [0, 0.05) is 68.6 Å². The van der Waals surface area contributed by atoms with Gasteiger partial charge in [0.1, 0.15) is 5.69 Å². The highest BCUT2D eigenvalue weighted by Gasteiger charge is 2.28. The highest BCUT2D eigenvalue weighted by atomic mass is 32.1. The van der Waals surface area contributed by atoms with Crippen molar-refractivity contribution in [3.05, 3.63) is 75.7 Å². The number of nitrogens with zero attached hydrogens (tertiary/aromatic N) is 4. The van der Waals surface area contributed by atoms with Crippen LogP contribution < -0.4 is 9.47 Å². The summed E-state index contributed by atoms with van der Waals surface area (Å²) >= 11 is 1.56. The van der Waals surface area contributed by atoms with Gasteiger partial charge in [-0.1, -0.05) is 30.2 Å². The first-order chi connectivity index (χ1) is 19.1. The summed E-state index contributed by atoms with van der Waals surface area (Å²) in [5, 5.41) is 2.88. The van der Waals surface area contributed by atoms with Crippen LogP contribution in [-0.4, -0.2) is 77.6 Å². The fraction of sp³-hybridized carbons (Fsp3) is 0.367. The number of likely N-dealkylation sites (tertiary alicyclic amines) is 1. The van der Waals surface area contributed by atoms with E-state index in [4.69, 9.17) is 14.5 Å². The molecule has 0 aliphatic carbocycles. The lowest BCUT2D eigenvalue weighted by Crippen LogP contribution is -2.48. The van der Waals surface area contributed by atoms with Crippen molar-refractivity contribution in [1.29, 1.82) is 0 Å². The monoisotopic (exact) mass is 542 g/mol. The van der Waals surface area contributed by atoms with Crippen LogP contribution in [0.3, 0.4) is 0 Å². The van der Waals surface area contributed by atoms with Crippen molar-refractivity contribution in [2.24, 2.45) is 0 Å². The Hall–Kier alpha value is -3.87. The second kappa shape index (κ2) is 11.5. The van der Waals surface area contributed by atoms with Crippen LogP contribution in [0.25, 0.3) is 0 Å². The van der Waals surface area contributed by atoms with Crippen molar-refractivity contribution >= 4 is 23.2 Å². The average Bonchev–Trinajstić information content (AvgIpc) is 3.67. The van der Waals surface area contributed by atoms with Crippen molar-refractivity contribution in [3.63, 3.8) is 0 Å². The molecule has 3 aromatic rings. The van der Waals surface area contributed by atoms with Gasteiger partial charge in [0.15, 0.2) is 11.5 Å². The minimum atomic E-state index is -0.134. The zero-order chi connectivity index (χ0) is 26.6. The average molecular weight is 543 g/mol. The number of carbonyl (C=O) groups excluding carboxylic acids is 2. The number of piperazine rings is 1. The lowest BCUT2D eigenvalue weighted by atomic mass is 9.97. The normalized spacial score (nSPS) is 17.5. The molecule has 3 aliphatic heterocycles. The fourth-order valence-corrected chi connectivity index (χ4v) is 6.16. The summed E-state index contributed by atoms with van der Waals surface area (Å²) in [5.74, 6) is 7.44. The smallest absolute Gasteiger partial charge is 0.298 e. The third-order valence-electron chi connectivity index (χ3n) is 7.46. The highest BCUT2D eigenvalue weighted by molar-refractivity contribution is 7.09. The highest BCUT2D eigenvalue weighted by Crippen LogP contribution is 2.33. The number of ether oxygens (including phenoxy) is 2. The summed E-state index contributed by atoms with van der Waals surface area (Å²) in [7, 11) is 0. The molecule has 4 heterocycles. The van der Waals surface area contributed by atoms with Crippen LogP contribution in [0.4, 0.5) is 0 Å². The molecule has 0 bridgehead atoms. The molecule has 9 heteroatoms. The first-order valence-electron chi connectivity index (χ1n) is 13.3. The number of hydrogen-bond donors (Lipinski definition) is 0. The summed E-state index contributed by atoms with van der Waals surface area (Å²) in [6.45, 7) is 5.40. The van der Waals surface area contributed by atoms with Gasteiger partial charge < -0.3 is 19.3 Å². The van der Waals surface area contributed by atoms with Gasteiger partial charge in [-0.2, -0.15) is 0 Å². The van der Waals surface area contributed by atoms with Crippen molar-refractivity contribution < 1.29 is 19.1 Å². The predicted octanol–water partition coefficient (Wildman–Crippen LogP) is 3.59. The van der Waals surface area contributed by atoms with Crippen molar-refractivity contribution in [3.8, 4) is 23.3 Å². The Morgan fingerprint density at radius 1 is 0.923 bits per heavy atom. The molecule has 0 radical (unpaired) electrons. The SMILES string of the molecule is O=C(C#Cc1ccccc1)N1CCC(c2nc(C(=O)N3CCN(Cc4ccc5c(c4)OCO5)CC3)cs2)CC1. The number of thiazole rings is 1. The maximum Gasteiger partial charge on any atom is 0.298 e. The number of piperidine rings is 1. The molecular weight excluding hydrogens is 512 g/mol. The maximum atomic E-state index is 13.2. The second-order valence-electron chi connectivity index (χ2n) is 10.0. The van der Waals surface area contributed by atoms with Crippen molar-refractivity contribution in [1.82, 2.24) is 19.7 Å². The number of carbonyl (C=O) groups is 2. The molecule has 0 unspecified atom stereocenters. The van der Waals surface area contributed by atoms with Crippen LogP contribution in [0, 0.1) is 11.8 Å². The number of rotatable bonds is 4. The molecule has 0 N–H and O–H groups in total. The van der Waals surface area contributed by atoms with E-state index in [9.17, 15) is 9.59 Å². The third kappa shape index (κ3) is 5.92. The fourth-order valence-electron chi connectivity index (χ4n) is 5.20. The molecule has 0 spiro atoms. The Morgan fingerprint density at radius 3 is 2.49 bits per heavy atom. The van der Waals surface area contributed by atoms with Crippen molar-refractivity contribution in [2.45, 2.75) is 25.3 Å². The zero-order valence-corrected chi connectivity index (χ0v) is 22.5. The van der Waals surface area contributed by atoms with Crippen LogP contribution in [0.5, 0.6) is 11.5 Å². The topological polar surface area (TPSA) is 75.2 Å². The molecule has 0 atom stereocenters. The third-order valence-corrected chi connectivity index (χ3v) is 8.47. The molecule has 8 nitrogen and oxygen atoms in total. The van der Waals surface area contributed by atoms with E-state index in [0.717, 1.165) is 54.5 Å². The first-order valence-corrected chi connectivity index (χ1v) is 14.2. The molecule has 2 aromatic carbocycles. The Labute approximate surface area is 232 Å². The molecule has 1 aromatic heterocycles. The standard InChI is InChI=1S/C30H30N4O4S/c35-28(9-7-22-4-2-1-3-5-22)33-12-10-24(11-13-33)29-31-25(20-39-29)30(36)34-16-14-32(15-17-34)19-23-6-8-26-27(18-23)38-21-37-26/h1-6,8,18,20,24H,10-17,19,21H2. The second-order valence-corrected chi connectivity index (χ2v) is 10.9. The van der Waals surface area contributed by atoms with Crippen LogP contribution >= 0.6 is 11.3 Å². The van der Waals surface area contributed by atoms with E-state index in [-0.39, 0.29) is 24.5 Å². The van der Waals surface area contributed by atoms with Gasteiger partial charge in [0.25, 0.3) is 11.8 Å². The van der Waals surface area contributed by atoms with E-state index < -0.39 is 0 Å². The molecule has 6 rings (SSSR count). The summed E-state index contributed by atoms with van der Waals surface area (Å²) in [5.41, 5.74) is 2.55. The molecule has 200 valence electrons. The molecule has 0 saturated carbocycles. The maximum absolute atomic E-state index is 13.2. The van der Waals surface area contributed by atoms with Gasteiger partial charge in [0.05, 0.1) is 5.01 Å². The lowest BCUT2D eigenvalue weighted by Gasteiger charge is -2.34. The van der Waals surface area contributed by atoms with E-state index in [1.807, 2.05) is 57.6 Å². The number of benzene rings is 2. The predicted molar refractivity (Wildman–Crippen MR) is 148 cm³/mol. The van der Waals surface area contributed by atoms with Crippen LogP contribution in [0.1, 0.15) is 45.4 Å². The summed E-state index contributed by atoms with van der Waals surface area (Å²) in [6, 6.07) is 15.6. The Bertz CT molecular complexity index is 1400. The van der Waals surface area contributed by atoms with Gasteiger partial charge in [-0.3, -0.25) is 14.5 Å². The number of hydrogen-bond acceptors (Lipinski definition) is 7. The van der Waals surface area contributed by atoms with Gasteiger partial charge in [-0.05, 0) is 42.7 Å². The quantitative estimate of drug-likeness (QED) is 0.469. The van der Waals surface area contributed by atoms with Crippen molar-refractivity contribution in [2.75, 3.05) is 46.1 Å². The van der Waals surface area contributed by atoms with E-state index in [1.54, 1.807) is 11.3 Å². The first kappa shape index (κ1) is 25.4. The molecular formula is C30H30N4O4S. The van der Waals surface area contributed by atoms with Gasteiger partial charge in [0.2, 0.25) is 6.79 Å². The number of aromatic nitrogens is 1. The minimum Gasteiger partial charge on any atom is -0.454 e. The van der Waals surface area contributed by atoms with Crippen LogP contribution in [-0.2, 0) is 11.3 Å². The van der Waals surface area contributed by atoms with E-state index in [1.165, 1.54) is 5.56 Å². The molecule has 39 heavy (non-hydrogen) atoms. The van der Waals surface area contributed by atoms with Gasteiger partial charge >= 0.3 is 0 Å². The zero-order valence-electron chi connectivity index (χ0n) is 21.7. The van der Waals surface area contributed by atoms with Crippen LogP contribution in [0.2, 0.25) is 0 Å². The number of fused-ring (bicyclic) bond motifs is 1. The van der Waals surface area contributed by atoms with E-state index in [2.05, 4.69) is 22.8 Å². The molecule has 2 fully saturated rings. The van der Waals surface area contributed by atoms with E-state index in [0.29, 0.717) is 31.9 Å². The Kier molecular flexibility index (Phi) is 7.48. The molecule has 2 amide bonds. The van der Waals surface area contributed by atoms with Gasteiger partial charge in [-0.15, -0.1) is 11.3 Å². The Morgan fingerprint density at radius 2 is 1.69 bits per heavy atom.